The van der Waals surface area contributed by atoms with Gasteiger partial charge in [0.15, 0.2) is 0 Å². The molecule has 0 atom stereocenters. The molecule has 0 unspecified atom stereocenters. The van der Waals surface area contributed by atoms with Gasteiger partial charge in [-0.15, -0.1) is 0 Å². The first-order valence-electron chi connectivity index (χ1n) is 8.96. The van der Waals surface area contributed by atoms with Crippen molar-refractivity contribution < 1.29 is 18.1 Å². The summed E-state index contributed by atoms with van der Waals surface area (Å²) in [4.78, 5) is 12.7. The van der Waals surface area contributed by atoms with E-state index in [4.69, 9.17) is 4.74 Å². The van der Waals surface area contributed by atoms with Crippen LogP contribution in [-0.2, 0) is 14.8 Å². The molecule has 0 radical (unpaired) electrons. The first kappa shape index (κ1) is 19.1. The molecule has 1 aromatic rings. The number of methoxy groups -OCH3 is 1. The van der Waals surface area contributed by atoms with Gasteiger partial charge in [0.05, 0.1) is 10.6 Å². The minimum atomic E-state index is -3.74. The zero-order chi connectivity index (χ0) is 18.7. The second kappa shape index (κ2) is 7.89. The summed E-state index contributed by atoms with van der Waals surface area (Å²) in [5.74, 6) is 0.466. The van der Waals surface area contributed by atoms with Gasteiger partial charge in [0.25, 0.3) is 5.69 Å². The Balaban J connectivity index is 1.93. The number of nitrogens with zero attached hydrogens (tertiary/aromatic N) is 3. The zero-order valence-corrected chi connectivity index (χ0v) is 15.8. The molecule has 144 valence electrons. The molecule has 9 heteroatoms. The van der Waals surface area contributed by atoms with Crippen molar-refractivity contribution in [2.24, 2.45) is 5.92 Å². The Labute approximate surface area is 153 Å². The molecule has 0 bridgehead atoms. The molecule has 0 aromatic heterocycles. The minimum absolute atomic E-state index is 0.0544. The highest BCUT2D eigenvalue weighted by molar-refractivity contribution is 7.89. The van der Waals surface area contributed by atoms with Gasteiger partial charge in [0.2, 0.25) is 10.0 Å². The highest BCUT2D eigenvalue weighted by atomic mass is 32.2. The molecule has 2 aliphatic rings. The van der Waals surface area contributed by atoms with Crippen molar-refractivity contribution in [2.45, 2.75) is 30.6 Å². The van der Waals surface area contributed by atoms with Crippen LogP contribution in [0.5, 0.6) is 0 Å². The van der Waals surface area contributed by atoms with Crippen LogP contribution in [0.15, 0.2) is 23.1 Å². The first-order chi connectivity index (χ1) is 12.4. The lowest BCUT2D eigenvalue weighted by atomic mass is 9.97. The molecule has 26 heavy (non-hydrogen) atoms. The van der Waals surface area contributed by atoms with E-state index in [1.807, 2.05) is 4.90 Å². The van der Waals surface area contributed by atoms with Crippen molar-refractivity contribution in [1.29, 1.82) is 0 Å². The van der Waals surface area contributed by atoms with Crippen LogP contribution in [0.25, 0.3) is 0 Å². The highest BCUT2D eigenvalue weighted by Crippen LogP contribution is 2.35. The van der Waals surface area contributed by atoms with E-state index in [1.54, 1.807) is 13.2 Å². The maximum Gasteiger partial charge on any atom is 0.270 e. The summed E-state index contributed by atoms with van der Waals surface area (Å²) in [7, 11) is -2.05. The van der Waals surface area contributed by atoms with Crippen LogP contribution in [0.2, 0.25) is 0 Å². The number of rotatable bonds is 6. The first-order valence-corrected chi connectivity index (χ1v) is 10.4. The van der Waals surface area contributed by atoms with E-state index < -0.39 is 14.9 Å². The number of hydrogen-bond donors (Lipinski definition) is 0. The Morgan fingerprint density at radius 1 is 1.19 bits per heavy atom. The van der Waals surface area contributed by atoms with Gasteiger partial charge < -0.3 is 9.64 Å². The lowest BCUT2D eigenvalue weighted by molar-refractivity contribution is -0.385. The fourth-order valence-electron chi connectivity index (χ4n) is 3.73. The second-order valence-corrected chi connectivity index (χ2v) is 8.81. The number of anilines is 1. The topological polar surface area (TPSA) is 93.0 Å². The van der Waals surface area contributed by atoms with Crippen molar-refractivity contribution in [3.05, 3.63) is 28.3 Å². The van der Waals surface area contributed by atoms with Crippen LogP contribution in [0.1, 0.15) is 25.7 Å². The second-order valence-electron chi connectivity index (χ2n) is 6.91. The summed E-state index contributed by atoms with van der Waals surface area (Å²) in [6.07, 6.45) is 3.47. The highest BCUT2D eigenvalue weighted by Gasteiger charge is 2.33. The number of ether oxygens (including phenoxy) is 1. The van der Waals surface area contributed by atoms with Gasteiger partial charge in [-0.3, -0.25) is 10.1 Å². The van der Waals surface area contributed by atoms with Crippen molar-refractivity contribution in [1.82, 2.24) is 4.31 Å². The van der Waals surface area contributed by atoms with Crippen LogP contribution >= 0.6 is 0 Å². The van der Waals surface area contributed by atoms with E-state index in [9.17, 15) is 18.5 Å². The van der Waals surface area contributed by atoms with Gasteiger partial charge in [-0.1, -0.05) is 0 Å². The number of hydrogen-bond acceptors (Lipinski definition) is 6. The fraction of sp³-hybridized carbons (Fsp3) is 0.647. The summed E-state index contributed by atoms with van der Waals surface area (Å²) in [5, 5.41) is 11.2. The average molecular weight is 383 g/mol. The molecular weight excluding hydrogens is 358 g/mol. The molecule has 0 saturated carbocycles. The maximum absolute atomic E-state index is 13.1. The van der Waals surface area contributed by atoms with Gasteiger partial charge in [0, 0.05) is 52.0 Å². The van der Waals surface area contributed by atoms with E-state index in [2.05, 4.69) is 0 Å². The van der Waals surface area contributed by atoms with Crippen LogP contribution in [0, 0.1) is 16.0 Å². The summed E-state index contributed by atoms with van der Waals surface area (Å²) >= 11 is 0. The van der Waals surface area contributed by atoms with Gasteiger partial charge in [-0.2, -0.15) is 4.31 Å². The summed E-state index contributed by atoms with van der Waals surface area (Å²) in [5.41, 5.74) is 0.374. The van der Waals surface area contributed by atoms with E-state index >= 15 is 0 Å². The summed E-state index contributed by atoms with van der Waals surface area (Å²) in [6.45, 7) is 3.08. The third kappa shape index (κ3) is 3.84. The van der Waals surface area contributed by atoms with Crippen molar-refractivity contribution in [2.75, 3.05) is 44.8 Å². The number of sulfonamides is 1. The molecule has 2 aliphatic heterocycles. The monoisotopic (exact) mass is 383 g/mol. The third-order valence-electron chi connectivity index (χ3n) is 5.19. The predicted molar refractivity (Wildman–Crippen MR) is 97.9 cm³/mol. The molecule has 2 saturated heterocycles. The van der Waals surface area contributed by atoms with E-state index in [0.29, 0.717) is 44.4 Å². The number of nitro groups is 1. The molecule has 0 aliphatic carbocycles. The molecule has 3 rings (SSSR count). The number of benzene rings is 1. The average Bonchev–Trinajstić information content (AvgIpc) is 3.18. The molecule has 2 heterocycles. The maximum atomic E-state index is 13.1. The van der Waals surface area contributed by atoms with Crippen LogP contribution < -0.4 is 4.90 Å². The van der Waals surface area contributed by atoms with Crippen LogP contribution in [0.3, 0.4) is 0 Å². The molecule has 0 amide bonds. The number of non-ortho nitro benzene ring substituents is 1. The largest absolute Gasteiger partial charge is 0.384 e. The standard InChI is InChI=1S/C17H25N3O5S/c1-25-13-14-6-10-18(11-7-14)16-5-4-15(20(21)22)12-17(16)26(23,24)19-8-2-3-9-19/h4-5,12,14H,2-3,6-11,13H2,1H3. The molecule has 1 aromatic carbocycles. The van der Waals surface area contributed by atoms with Gasteiger partial charge in [-0.25, -0.2) is 8.42 Å². The smallest absolute Gasteiger partial charge is 0.270 e. The van der Waals surface area contributed by atoms with Gasteiger partial charge in [0.1, 0.15) is 4.90 Å². The Hall–Kier alpha value is -1.71. The Bertz CT molecular complexity index is 754. The van der Waals surface area contributed by atoms with Crippen molar-refractivity contribution >= 4 is 21.4 Å². The fourth-order valence-corrected chi connectivity index (χ4v) is 5.48. The van der Waals surface area contributed by atoms with E-state index in [-0.39, 0.29) is 10.6 Å². The van der Waals surface area contributed by atoms with Crippen molar-refractivity contribution in [3.8, 4) is 0 Å². The van der Waals surface area contributed by atoms with Crippen LogP contribution in [0.4, 0.5) is 11.4 Å². The van der Waals surface area contributed by atoms with Crippen molar-refractivity contribution in [3.63, 3.8) is 0 Å². The van der Waals surface area contributed by atoms with Gasteiger partial charge in [-0.05, 0) is 37.7 Å². The Kier molecular flexibility index (Phi) is 5.79. The van der Waals surface area contributed by atoms with E-state index in [1.165, 1.54) is 16.4 Å². The lowest BCUT2D eigenvalue weighted by Crippen LogP contribution is -2.37. The molecule has 0 spiro atoms. The zero-order valence-electron chi connectivity index (χ0n) is 15.0. The molecule has 0 N–H and O–H groups in total. The minimum Gasteiger partial charge on any atom is -0.384 e. The normalized spacial score (nSPS) is 19.8. The quantitative estimate of drug-likeness (QED) is 0.552. The number of piperidine rings is 1. The molecular formula is C17H25N3O5S. The summed E-state index contributed by atoms with van der Waals surface area (Å²) in [6, 6.07) is 4.18. The summed E-state index contributed by atoms with van der Waals surface area (Å²) < 4.78 is 32.8. The van der Waals surface area contributed by atoms with Gasteiger partial charge >= 0.3 is 0 Å². The Morgan fingerprint density at radius 2 is 1.85 bits per heavy atom. The SMILES string of the molecule is COCC1CCN(c2ccc([N+](=O)[O-])cc2S(=O)(=O)N2CCCC2)CC1. The molecule has 8 nitrogen and oxygen atoms in total. The Morgan fingerprint density at radius 3 is 2.42 bits per heavy atom. The predicted octanol–water partition coefficient (Wildman–Crippen LogP) is 2.24. The number of nitro benzene ring substituents is 1. The van der Waals surface area contributed by atoms with E-state index in [0.717, 1.165) is 25.7 Å². The van der Waals surface area contributed by atoms with Crippen LogP contribution in [-0.4, -0.2) is 57.5 Å². The molecule has 2 fully saturated rings. The third-order valence-corrected chi connectivity index (χ3v) is 7.12. The lowest BCUT2D eigenvalue weighted by Gasteiger charge is -2.34.